The summed E-state index contributed by atoms with van der Waals surface area (Å²) in [5.74, 6) is 0. The van der Waals surface area contributed by atoms with Crippen LogP contribution in [-0.2, 0) is 0 Å². The third kappa shape index (κ3) is 4.99. The van der Waals surface area contributed by atoms with Crippen molar-refractivity contribution in [3.8, 4) is 0 Å². The van der Waals surface area contributed by atoms with Crippen molar-refractivity contribution in [1.29, 1.82) is 0 Å². The number of nitrogens with zero attached hydrogens (tertiary/aromatic N) is 1. The maximum absolute atomic E-state index is 5.36. The van der Waals surface area contributed by atoms with Gasteiger partial charge in [-0.3, -0.25) is 0 Å². The van der Waals surface area contributed by atoms with Crippen LogP contribution in [0.1, 0.15) is 70.4 Å². The summed E-state index contributed by atoms with van der Waals surface area (Å²) in [6.07, 6.45) is 8.16. The third-order valence-electron chi connectivity index (χ3n) is 5.82. The summed E-state index contributed by atoms with van der Waals surface area (Å²) in [5.41, 5.74) is 4.04. The molecule has 1 heterocycles. The van der Waals surface area contributed by atoms with Crippen LogP contribution < -0.4 is 3.71 Å². The molecule has 2 rings (SSSR count). The van der Waals surface area contributed by atoms with Gasteiger partial charge in [-0.1, -0.05) is 0 Å². The molecule has 0 unspecified atom stereocenters. The van der Waals surface area contributed by atoms with E-state index in [1.807, 2.05) is 0 Å². The van der Waals surface area contributed by atoms with Crippen molar-refractivity contribution >= 4 is 33.0 Å². The van der Waals surface area contributed by atoms with Crippen LogP contribution >= 0.6 is 0 Å². The topological polar surface area (TPSA) is 12.9 Å². The van der Waals surface area contributed by atoms with E-state index in [1.165, 1.54) is 73.9 Å². The van der Waals surface area contributed by atoms with Gasteiger partial charge in [0.1, 0.15) is 0 Å². The molecular formula is C23H37NSn. The van der Waals surface area contributed by atoms with Crippen LogP contribution in [0.5, 0.6) is 0 Å². The molecule has 25 heavy (non-hydrogen) atoms. The first-order chi connectivity index (χ1) is 12.1. The zero-order valence-electron chi connectivity index (χ0n) is 17.1. The van der Waals surface area contributed by atoms with Crippen LogP contribution in [0, 0.1) is 13.8 Å². The number of benzene rings is 1. The van der Waals surface area contributed by atoms with Gasteiger partial charge in [-0.25, -0.2) is 0 Å². The minimum atomic E-state index is -2.43. The first-order valence-electron chi connectivity index (χ1n) is 10.5. The van der Waals surface area contributed by atoms with E-state index in [9.17, 15) is 0 Å². The molecule has 1 aromatic carbocycles. The number of para-hydroxylation sites is 1. The van der Waals surface area contributed by atoms with Crippen molar-refractivity contribution in [2.45, 2.75) is 86.5 Å². The number of fused-ring (bicyclic) bond motifs is 1. The average molecular weight is 446 g/mol. The van der Waals surface area contributed by atoms with E-state index < -0.39 is 18.4 Å². The summed E-state index contributed by atoms with van der Waals surface area (Å²) >= 11 is -2.43. The Bertz CT molecular complexity index is 655. The maximum atomic E-state index is 5.36. The van der Waals surface area contributed by atoms with E-state index in [-0.39, 0.29) is 0 Å². The summed E-state index contributed by atoms with van der Waals surface area (Å²) in [5, 5.41) is 1.35. The predicted molar refractivity (Wildman–Crippen MR) is 116 cm³/mol. The van der Waals surface area contributed by atoms with E-state index in [1.54, 1.807) is 3.71 Å². The van der Waals surface area contributed by atoms with Crippen LogP contribution in [0.25, 0.3) is 10.9 Å². The number of aromatic nitrogens is 1. The normalized spacial score (nSPS) is 12.0. The average Bonchev–Trinajstić information content (AvgIpc) is 2.62. The SMILES string of the molecule is CCC[CH2][Sn]([CH2]CCC)([CH2]CCC)[c]1cc(C)c2cccc(C)c2n1. The Morgan fingerprint density at radius 3 is 1.88 bits per heavy atom. The van der Waals surface area contributed by atoms with Crippen molar-refractivity contribution in [2.75, 3.05) is 0 Å². The molecule has 1 aromatic heterocycles. The molecule has 0 saturated carbocycles. The number of rotatable bonds is 10. The monoisotopic (exact) mass is 447 g/mol. The molecule has 0 aliphatic heterocycles. The number of unbranched alkanes of at least 4 members (excludes halogenated alkanes) is 3. The Morgan fingerprint density at radius 1 is 0.800 bits per heavy atom. The second-order valence-electron chi connectivity index (χ2n) is 7.89. The van der Waals surface area contributed by atoms with E-state index in [0.29, 0.717) is 0 Å². The van der Waals surface area contributed by atoms with Gasteiger partial charge in [0.15, 0.2) is 0 Å². The summed E-state index contributed by atoms with van der Waals surface area (Å²) in [6, 6.07) is 9.14. The van der Waals surface area contributed by atoms with E-state index >= 15 is 0 Å². The molecule has 0 bridgehead atoms. The van der Waals surface area contributed by atoms with Crippen LogP contribution in [-0.4, -0.2) is 23.4 Å². The number of aryl methyl sites for hydroxylation is 2. The summed E-state index contributed by atoms with van der Waals surface area (Å²) in [4.78, 5) is 5.36. The Kier molecular flexibility index (Phi) is 8.25. The van der Waals surface area contributed by atoms with E-state index in [0.717, 1.165) is 0 Å². The molecule has 0 aliphatic rings. The molecule has 2 heteroatoms. The fourth-order valence-electron chi connectivity index (χ4n) is 4.14. The summed E-state index contributed by atoms with van der Waals surface area (Å²) in [7, 11) is 0. The van der Waals surface area contributed by atoms with Gasteiger partial charge in [-0.2, -0.15) is 0 Å². The van der Waals surface area contributed by atoms with Crippen LogP contribution in [0.2, 0.25) is 13.3 Å². The molecule has 0 fully saturated rings. The summed E-state index contributed by atoms with van der Waals surface area (Å²) in [6.45, 7) is 11.6. The van der Waals surface area contributed by atoms with Crippen LogP contribution in [0.3, 0.4) is 0 Å². The molecule has 138 valence electrons. The molecule has 0 amide bonds. The fraction of sp³-hybridized carbons (Fsp3) is 0.609. The van der Waals surface area contributed by atoms with Gasteiger partial charge >= 0.3 is 160 Å². The first-order valence-corrected chi connectivity index (χ1v) is 17.9. The Hall–Kier alpha value is -0.571. The minimum absolute atomic E-state index is 1.27. The van der Waals surface area contributed by atoms with E-state index in [2.05, 4.69) is 58.9 Å². The molecule has 1 nitrogen and oxygen atoms in total. The molecule has 0 saturated heterocycles. The second kappa shape index (κ2) is 9.94. The molecule has 0 N–H and O–H groups in total. The number of pyridine rings is 1. The molecule has 0 radical (unpaired) electrons. The molecular weight excluding hydrogens is 409 g/mol. The van der Waals surface area contributed by atoms with Crippen molar-refractivity contribution in [3.05, 3.63) is 35.4 Å². The number of hydrogen-bond acceptors (Lipinski definition) is 1. The standard InChI is InChI=1S/C11H10N.3C4H9.Sn/c1-8-6-7-12-11-9(2)4-3-5-10(8)11;3*1-3-4-2;/h3-6H,1-2H3;3*1,3-4H2,2H3;. The summed E-state index contributed by atoms with van der Waals surface area (Å²) < 4.78 is 6.06. The Morgan fingerprint density at radius 2 is 1.36 bits per heavy atom. The number of hydrogen-bond donors (Lipinski definition) is 0. The zero-order chi connectivity index (χ0) is 18.3. The van der Waals surface area contributed by atoms with Crippen molar-refractivity contribution < 1.29 is 0 Å². The molecule has 0 atom stereocenters. The van der Waals surface area contributed by atoms with Gasteiger partial charge in [0.25, 0.3) is 0 Å². The van der Waals surface area contributed by atoms with Crippen molar-refractivity contribution in [1.82, 2.24) is 4.98 Å². The van der Waals surface area contributed by atoms with Crippen molar-refractivity contribution in [3.63, 3.8) is 0 Å². The third-order valence-corrected chi connectivity index (χ3v) is 20.9. The molecule has 0 aliphatic carbocycles. The van der Waals surface area contributed by atoms with Crippen molar-refractivity contribution in [2.24, 2.45) is 0 Å². The van der Waals surface area contributed by atoms with Gasteiger partial charge < -0.3 is 0 Å². The Balaban J connectivity index is 2.57. The van der Waals surface area contributed by atoms with Gasteiger partial charge in [0.2, 0.25) is 0 Å². The van der Waals surface area contributed by atoms with Gasteiger partial charge in [-0.05, 0) is 0 Å². The van der Waals surface area contributed by atoms with Crippen LogP contribution in [0.15, 0.2) is 24.3 Å². The van der Waals surface area contributed by atoms with Gasteiger partial charge in [-0.15, -0.1) is 0 Å². The molecule has 2 aromatic rings. The van der Waals surface area contributed by atoms with Gasteiger partial charge in [0, 0.05) is 0 Å². The first kappa shape index (κ1) is 20.7. The second-order valence-corrected chi connectivity index (χ2v) is 20.9. The fourth-order valence-corrected chi connectivity index (χ4v) is 19.8. The predicted octanol–water partition coefficient (Wildman–Crippen LogP) is 6.91. The van der Waals surface area contributed by atoms with Crippen LogP contribution in [0.4, 0.5) is 0 Å². The molecule has 0 spiro atoms. The Labute approximate surface area is 159 Å². The van der Waals surface area contributed by atoms with Gasteiger partial charge in [0.05, 0.1) is 0 Å². The quantitative estimate of drug-likeness (QED) is 0.362. The zero-order valence-corrected chi connectivity index (χ0v) is 20.0. The van der Waals surface area contributed by atoms with E-state index in [4.69, 9.17) is 4.98 Å².